The Morgan fingerprint density at radius 3 is 2.80 bits per heavy atom. The summed E-state index contributed by atoms with van der Waals surface area (Å²) in [5.41, 5.74) is 5.22. The van der Waals surface area contributed by atoms with Crippen LogP contribution in [0.2, 0.25) is 5.02 Å². The highest BCUT2D eigenvalue weighted by molar-refractivity contribution is 6.32. The zero-order valence-electron chi connectivity index (χ0n) is 13.7. The monoisotopic (exact) mass is 359 g/mol. The number of aryl methyl sites for hydroxylation is 1. The number of anilines is 1. The number of amides is 1. The summed E-state index contributed by atoms with van der Waals surface area (Å²) in [5, 5.41) is 7.42. The molecular formula is C18H18ClN3O3. The number of nitrogens with one attached hydrogen (secondary N) is 2. The third-order valence-corrected chi connectivity index (χ3v) is 3.81. The van der Waals surface area contributed by atoms with Crippen LogP contribution in [-0.4, -0.2) is 31.9 Å². The van der Waals surface area contributed by atoms with Crippen LogP contribution < -0.4 is 20.2 Å². The highest BCUT2D eigenvalue weighted by Crippen LogP contribution is 2.37. The molecule has 0 saturated carbocycles. The molecular weight excluding hydrogens is 342 g/mol. The molecule has 2 aromatic rings. The molecule has 130 valence electrons. The van der Waals surface area contributed by atoms with E-state index in [1.807, 2.05) is 31.2 Å². The van der Waals surface area contributed by atoms with Crippen molar-refractivity contribution in [1.82, 2.24) is 5.43 Å². The first-order valence-electron chi connectivity index (χ1n) is 7.83. The topological polar surface area (TPSA) is 72.0 Å². The molecule has 1 aliphatic rings. The van der Waals surface area contributed by atoms with Gasteiger partial charge in [-0.1, -0.05) is 29.3 Å². The van der Waals surface area contributed by atoms with Gasteiger partial charge < -0.3 is 14.8 Å². The maximum atomic E-state index is 11.8. The number of carbonyl (C=O) groups excluding carboxylic acids is 1. The normalized spacial score (nSPS) is 12.9. The molecule has 0 unspecified atom stereocenters. The average molecular weight is 360 g/mol. The SMILES string of the molecule is Cc1ccc(NCC(=O)N/N=C\c2cc(Cl)c3c(c2)OCCO3)cc1. The molecule has 0 atom stereocenters. The van der Waals surface area contributed by atoms with E-state index in [-0.39, 0.29) is 12.5 Å². The summed E-state index contributed by atoms with van der Waals surface area (Å²) in [7, 11) is 0. The number of benzene rings is 2. The minimum atomic E-state index is -0.250. The lowest BCUT2D eigenvalue weighted by molar-refractivity contribution is -0.119. The summed E-state index contributed by atoms with van der Waals surface area (Å²) in [6, 6.07) is 11.3. The third kappa shape index (κ3) is 4.64. The van der Waals surface area contributed by atoms with Gasteiger partial charge in [-0.05, 0) is 36.8 Å². The maximum Gasteiger partial charge on any atom is 0.259 e. The molecule has 6 nitrogen and oxygen atoms in total. The van der Waals surface area contributed by atoms with Crippen LogP contribution in [0.3, 0.4) is 0 Å². The van der Waals surface area contributed by atoms with Crippen molar-refractivity contribution in [2.45, 2.75) is 6.92 Å². The summed E-state index contributed by atoms with van der Waals surface area (Å²) in [5.74, 6) is 0.865. The van der Waals surface area contributed by atoms with E-state index in [9.17, 15) is 4.79 Å². The first-order chi connectivity index (χ1) is 12.1. The lowest BCUT2D eigenvalue weighted by atomic mass is 10.2. The summed E-state index contributed by atoms with van der Waals surface area (Å²) in [6.45, 7) is 3.09. The van der Waals surface area contributed by atoms with E-state index in [4.69, 9.17) is 21.1 Å². The fourth-order valence-corrected chi connectivity index (χ4v) is 2.55. The molecule has 25 heavy (non-hydrogen) atoms. The Hall–Kier alpha value is -2.73. The molecule has 0 fully saturated rings. The van der Waals surface area contributed by atoms with Crippen molar-refractivity contribution in [3.63, 3.8) is 0 Å². The standard InChI is InChI=1S/C18H18ClN3O3/c1-12-2-4-14(5-3-12)20-11-17(23)22-21-10-13-8-15(19)18-16(9-13)24-6-7-25-18/h2-5,8-10,20H,6-7,11H2,1H3,(H,22,23)/b21-10-. The summed E-state index contributed by atoms with van der Waals surface area (Å²) in [6.07, 6.45) is 1.51. The van der Waals surface area contributed by atoms with Crippen LogP contribution >= 0.6 is 11.6 Å². The predicted octanol–water partition coefficient (Wildman–Crippen LogP) is 2.98. The van der Waals surface area contributed by atoms with Gasteiger partial charge in [-0.2, -0.15) is 5.10 Å². The van der Waals surface area contributed by atoms with Crippen LogP contribution in [0.4, 0.5) is 5.69 Å². The molecule has 0 saturated heterocycles. The quantitative estimate of drug-likeness (QED) is 0.636. The van der Waals surface area contributed by atoms with Crippen LogP contribution in [0.25, 0.3) is 0 Å². The molecule has 1 amide bonds. The molecule has 0 radical (unpaired) electrons. The largest absolute Gasteiger partial charge is 0.486 e. The molecule has 3 rings (SSSR count). The Balaban J connectivity index is 1.53. The minimum absolute atomic E-state index is 0.127. The number of nitrogens with zero attached hydrogens (tertiary/aromatic N) is 1. The van der Waals surface area contributed by atoms with Gasteiger partial charge in [-0.25, -0.2) is 5.43 Å². The van der Waals surface area contributed by atoms with Gasteiger partial charge in [-0.3, -0.25) is 4.79 Å². The summed E-state index contributed by atoms with van der Waals surface area (Å²) < 4.78 is 11.0. The van der Waals surface area contributed by atoms with Crippen LogP contribution in [-0.2, 0) is 4.79 Å². The van der Waals surface area contributed by atoms with Gasteiger partial charge in [-0.15, -0.1) is 0 Å². The van der Waals surface area contributed by atoms with E-state index >= 15 is 0 Å². The van der Waals surface area contributed by atoms with Crippen molar-refractivity contribution in [1.29, 1.82) is 0 Å². The van der Waals surface area contributed by atoms with Gasteiger partial charge in [0.15, 0.2) is 11.5 Å². The van der Waals surface area contributed by atoms with Gasteiger partial charge >= 0.3 is 0 Å². The van der Waals surface area contributed by atoms with E-state index in [2.05, 4.69) is 15.8 Å². The average Bonchev–Trinajstić information content (AvgIpc) is 2.61. The van der Waals surface area contributed by atoms with Crippen molar-refractivity contribution >= 4 is 29.4 Å². The summed E-state index contributed by atoms with van der Waals surface area (Å²) in [4.78, 5) is 11.8. The van der Waals surface area contributed by atoms with Crippen molar-refractivity contribution in [2.24, 2.45) is 5.10 Å². The fraction of sp³-hybridized carbons (Fsp3) is 0.222. The van der Waals surface area contributed by atoms with Gasteiger partial charge in [0.2, 0.25) is 0 Å². The number of hydrogen-bond acceptors (Lipinski definition) is 5. The molecule has 1 heterocycles. The van der Waals surface area contributed by atoms with E-state index in [0.29, 0.717) is 35.3 Å². The maximum absolute atomic E-state index is 11.8. The first-order valence-corrected chi connectivity index (χ1v) is 8.21. The fourth-order valence-electron chi connectivity index (χ4n) is 2.28. The smallest absolute Gasteiger partial charge is 0.259 e. The lowest BCUT2D eigenvalue weighted by Crippen LogP contribution is -2.25. The van der Waals surface area contributed by atoms with Crippen LogP contribution in [0.15, 0.2) is 41.5 Å². The predicted molar refractivity (Wildman–Crippen MR) is 97.8 cm³/mol. The lowest BCUT2D eigenvalue weighted by Gasteiger charge is -2.19. The molecule has 0 bridgehead atoms. The number of carbonyl (C=O) groups is 1. The van der Waals surface area contributed by atoms with Crippen molar-refractivity contribution < 1.29 is 14.3 Å². The minimum Gasteiger partial charge on any atom is -0.486 e. The van der Waals surface area contributed by atoms with E-state index in [0.717, 1.165) is 11.3 Å². The second kappa shape index (κ2) is 7.90. The van der Waals surface area contributed by atoms with Crippen LogP contribution in [0.5, 0.6) is 11.5 Å². The number of fused-ring (bicyclic) bond motifs is 1. The molecule has 1 aliphatic heterocycles. The second-order valence-corrected chi connectivity index (χ2v) is 5.95. The van der Waals surface area contributed by atoms with Crippen molar-refractivity contribution in [3.8, 4) is 11.5 Å². The Morgan fingerprint density at radius 1 is 1.24 bits per heavy atom. The highest BCUT2D eigenvalue weighted by atomic mass is 35.5. The van der Waals surface area contributed by atoms with Crippen LogP contribution in [0.1, 0.15) is 11.1 Å². The zero-order valence-corrected chi connectivity index (χ0v) is 14.5. The first kappa shape index (κ1) is 17.1. The Labute approximate surface area is 150 Å². The van der Waals surface area contributed by atoms with Gasteiger partial charge in [0.05, 0.1) is 17.8 Å². The highest BCUT2D eigenvalue weighted by Gasteiger charge is 2.16. The second-order valence-electron chi connectivity index (χ2n) is 5.54. The number of halogens is 1. The van der Waals surface area contributed by atoms with Gasteiger partial charge in [0.1, 0.15) is 13.2 Å². The van der Waals surface area contributed by atoms with E-state index in [1.54, 1.807) is 12.1 Å². The molecule has 2 N–H and O–H groups in total. The summed E-state index contributed by atoms with van der Waals surface area (Å²) >= 11 is 6.15. The van der Waals surface area contributed by atoms with Crippen molar-refractivity contribution in [2.75, 3.05) is 25.1 Å². The Bertz CT molecular complexity index is 791. The number of hydrogen-bond donors (Lipinski definition) is 2. The molecule has 0 aromatic heterocycles. The van der Waals surface area contributed by atoms with Crippen LogP contribution in [0, 0.1) is 6.92 Å². The molecule has 0 spiro atoms. The number of hydrazone groups is 1. The number of ether oxygens (including phenoxy) is 2. The molecule has 7 heteroatoms. The zero-order chi connectivity index (χ0) is 17.6. The Morgan fingerprint density at radius 2 is 2.00 bits per heavy atom. The van der Waals surface area contributed by atoms with E-state index in [1.165, 1.54) is 6.21 Å². The van der Waals surface area contributed by atoms with Gasteiger partial charge in [0.25, 0.3) is 5.91 Å². The molecule has 0 aliphatic carbocycles. The van der Waals surface area contributed by atoms with Crippen molar-refractivity contribution in [3.05, 3.63) is 52.5 Å². The Kier molecular flexibility index (Phi) is 5.40. The molecule has 2 aromatic carbocycles. The van der Waals surface area contributed by atoms with E-state index < -0.39 is 0 Å². The number of rotatable bonds is 5. The van der Waals surface area contributed by atoms with Gasteiger partial charge in [0, 0.05) is 5.69 Å². The third-order valence-electron chi connectivity index (χ3n) is 3.53.